The van der Waals surface area contributed by atoms with Crippen molar-refractivity contribution in [2.24, 2.45) is 5.92 Å². The topological polar surface area (TPSA) is 77.3 Å². The van der Waals surface area contributed by atoms with Crippen LogP contribution in [0.3, 0.4) is 0 Å². The summed E-state index contributed by atoms with van der Waals surface area (Å²) in [6.07, 6.45) is 7.57. The molecule has 2 saturated heterocycles. The third-order valence-electron chi connectivity index (χ3n) is 8.24. The molecule has 2 aliphatic heterocycles. The summed E-state index contributed by atoms with van der Waals surface area (Å²) in [5.74, 6) is 0.0317. The van der Waals surface area contributed by atoms with E-state index in [-0.39, 0.29) is 23.5 Å². The summed E-state index contributed by atoms with van der Waals surface area (Å²) in [4.78, 5) is 35.1. The Labute approximate surface area is 235 Å². The van der Waals surface area contributed by atoms with Crippen molar-refractivity contribution >= 4 is 11.7 Å². The Balaban J connectivity index is 1.12. The highest BCUT2D eigenvalue weighted by molar-refractivity contribution is 5.97. The number of piperidine rings is 2. The highest BCUT2D eigenvalue weighted by Gasteiger charge is 2.28. The fraction of sp³-hybridized carbons (Fsp3) is 0.394. The molecular formula is C33H35FN4O2. The minimum Gasteiger partial charge on any atom is -0.335 e. The van der Waals surface area contributed by atoms with Crippen LogP contribution in [0.1, 0.15) is 76.1 Å². The van der Waals surface area contributed by atoms with Gasteiger partial charge in [-0.25, -0.2) is 4.39 Å². The fourth-order valence-electron chi connectivity index (χ4n) is 5.88. The Morgan fingerprint density at radius 2 is 1.62 bits per heavy atom. The van der Waals surface area contributed by atoms with E-state index in [0.717, 1.165) is 57.3 Å². The van der Waals surface area contributed by atoms with Gasteiger partial charge in [0.2, 0.25) is 0 Å². The molecule has 206 valence electrons. The van der Waals surface area contributed by atoms with Crippen LogP contribution in [0, 0.1) is 23.1 Å². The zero-order valence-corrected chi connectivity index (χ0v) is 22.8. The zero-order chi connectivity index (χ0) is 27.9. The first-order valence-corrected chi connectivity index (χ1v) is 14.2. The van der Waals surface area contributed by atoms with E-state index in [0.29, 0.717) is 42.1 Å². The molecule has 3 aromatic rings. The quantitative estimate of drug-likeness (QED) is 0.338. The first-order chi connectivity index (χ1) is 19.5. The molecule has 0 aliphatic carbocycles. The zero-order valence-electron chi connectivity index (χ0n) is 22.8. The Hall–Kier alpha value is -3.89. The molecule has 2 fully saturated rings. The fourth-order valence-corrected chi connectivity index (χ4v) is 5.88. The van der Waals surface area contributed by atoms with Gasteiger partial charge in [-0.3, -0.25) is 19.5 Å². The molecule has 3 heterocycles. The van der Waals surface area contributed by atoms with Gasteiger partial charge in [0.25, 0.3) is 5.91 Å². The number of halogens is 1. The van der Waals surface area contributed by atoms with E-state index in [9.17, 15) is 14.0 Å². The van der Waals surface area contributed by atoms with Gasteiger partial charge >= 0.3 is 0 Å². The molecule has 0 bridgehead atoms. The van der Waals surface area contributed by atoms with E-state index >= 15 is 0 Å². The average Bonchev–Trinajstić information content (AvgIpc) is 3.00. The van der Waals surface area contributed by atoms with Crippen LogP contribution in [0.2, 0.25) is 0 Å². The van der Waals surface area contributed by atoms with Gasteiger partial charge in [0.05, 0.1) is 17.2 Å². The van der Waals surface area contributed by atoms with Crippen LogP contribution in [0.4, 0.5) is 4.39 Å². The van der Waals surface area contributed by atoms with Crippen molar-refractivity contribution in [2.75, 3.05) is 19.6 Å². The van der Waals surface area contributed by atoms with Crippen molar-refractivity contribution in [3.63, 3.8) is 0 Å². The first kappa shape index (κ1) is 27.7. The number of carbonyl (C=O) groups excluding carboxylic acids is 2. The second-order valence-electron chi connectivity index (χ2n) is 11.1. The van der Waals surface area contributed by atoms with Crippen molar-refractivity contribution in [1.82, 2.24) is 14.8 Å². The first-order valence-electron chi connectivity index (χ1n) is 14.2. The summed E-state index contributed by atoms with van der Waals surface area (Å²) in [7, 11) is 0. The van der Waals surface area contributed by atoms with Gasteiger partial charge in [-0.2, -0.15) is 5.26 Å². The monoisotopic (exact) mass is 538 g/mol. The lowest BCUT2D eigenvalue weighted by molar-refractivity contribution is 0.0612. The summed E-state index contributed by atoms with van der Waals surface area (Å²) in [5.41, 5.74) is 3.80. The molecule has 5 rings (SSSR count). The van der Waals surface area contributed by atoms with Crippen molar-refractivity contribution in [3.05, 3.63) is 101 Å². The number of nitrogens with zero attached hydrogens (tertiary/aromatic N) is 4. The van der Waals surface area contributed by atoms with Crippen molar-refractivity contribution in [2.45, 2.75) is 57.5 Å². The van der Waals surface area contributed by atoms with Crippen LogP contribution in [-0.2, 0) is 13.0 Å². The number of likely N-dealkylation sites (tertiary alicyclic amines) is 2. The second kappa shape index (κ2) is 13.0. The molecule has 7 heteroatoms. The SMILES string of the molecule is N#Cc1ccc(CN2CCC(CC(=O)c3ccc(C(=O)N4CCCCC4Cc4ccc(F)cc4)cn3)CC2)cc1. The van der Waals surface area contributed by atoms with Gasteiger partial charge in [-0.15, -0.1) is 0 Å². The summed E-state index contributed by atoms with van der Waals surface area (Å²) < 4.78 is 13.3. The molecule has 2 aromatic carbocycles. The minimum atomic E-state index is -0.258. The van der Waals surface area contributed by atoms with Crippen molar-refractivity contribution < 1.29 is 14.0 Å². The Morgan fingerprint density at radius 3 is 2.30 bits per heavy atom. The molecule has 0 radical (unpaired) electrons. The lowest BCUT2D eigenvalue weighted by atomic mass is 9.90. The van der Waals surface area contributed by atoms with Crippen LogP contribution < -0.4 is 0 Å². The molecule has 40 heavy (non-hydrogen) atoms. The third kappa shape index (κ3) is 7.00. The number of nitriles is 1. The molecule has 0 saturated carbocycles. The number of amides is 1. The average molecular weight is 539 g/mol. The standard InChI is InChI=1S/C33H35FN4O2/c34-29-11-8-24(9-12-29)19-30-3-1-2-16-38(30)33(40)28-10-13-31(36-22-28)32(39)20-25-14-17-37(18-15-25)23-27-6-4-26(21-35)5-7-27/h4-13,22,25,30H,1-3,14-20,23H2. The number of aromatic nitrogens is 1. The van der Waals surface area contributed by atoms with Gasteiger partial charge in [0, 0.05) is 31.7 Å². The number of pyridine rings is 1. The Bertz CT molecular complexity index is 1340. The van der Waals surface area contributed by atoms with Gasteiger partial charge in [-0.1, -0.05) is 24.3 Å². The molecule has 1 aromatic heterocycles. The molecule has 1 unspecified atom stereocenters. The van der Waals surface area contributed by atoms with E-state index in [2.05, 4.69) is 16.0 Å². The largest absolute Gasteiger partial charge is 0.335 e. The molecule has 1 amide bonds. The van der Waals surface area contributed by atoms with Crippen LogP contribution >= 0.6 is 0 Å². The van der Waals surface area contributed by atoms with Gasteiger partial charge < -0.3 is 4.90 Å². The summed E-state index contributed by atoms with van der Waals surface area (Å²) in [6, 6.07) is 19.8. The smallest absolute Gasteiger partial charge is 0.255 e. The van der Waals surface area contributed by atoms with E-state index in [1.165, 1.54) is 17.7 Å². The maximum absolute atomic E-state index is 13.4. The van der Waals surface area contributed by atoms with E-state index in [1.807, 2.05) is 29.2 Å². The van der Waals surface area contributed by atoms with Crippen molar-refractivity contribution in [3.8, 4) is 6.07 Å². The number of benzene rings is 2. The van der Waals surface area contributed by atoms with Gasteiger partial charge in [0.15, 0.2) is 5.78 Å². The lowest BCUT2D eigenvalue weighted by Crippen LogP contribution is -2.44. The number of hydrogen-bond acceptors (Lipinski definition) is 5. The molecule has 2 aliphatic rings. The van der Waals surface area contributed by atoms with Crippen molar-refractivity contribution in [1.29, 1.82) is 5.26 Å². The molecule has 6 nitrogen and oxygen atoms in total. The molecule has 0 spiro atoms. The number of hydrogen-bond donors (Lipinski definition) is 0. The number of ketones is 1. The van der Waals surface area contributed by atoms with Gasteiger partial charge in [0.1, 0.15) is 11.5 Å². The molecule has 0 N–H and O–H groups in total. The lowest BCUT2D eigenvalue weighted by Gasteiger charge is -2.36. The van der Waals surface area contributed by atoms with E-state index < -0.39 is 0 Å². The maximum Gasteiger partial charge on any atom is 0.255 e. The predicted molar refractivity (Wildman–Crippen MR) is 151 cm³/mol. The summed E-state index contributed by atoms with van der Waals surface area (Å²) in [5, 5.41) is 8.97. The number of carbonyl (C=O) groups is 2. The van der Waals surface area contributed by atoms with Gasteiger partial charge in [-0.05, 0) is 105 Å². The number of Topliss-reactive ketones (excluding diaryl/α,β-unsaturated/α-hetero) is 1. The summed E-state index contributed by atoms with van der Waals surface area (Å²) in [6.45, 7) is 3.42. The van der Waals surface area contributed by atoms with Crippen LogP contribution in [-0.4, -0.2) is 52.2 Å². The Morgan fingerprint density at radius 1 is 0.900 bits per heavy atom. The van der Waals surface area contributed by atoms with E-state index in [1.54, 1.807) is 30.5 Å². The second-order valence-corrected chi connectivity index (χ2v) is 11.1. The van der Waals surface area contributed by atoms with Crippen LogP contribution in [0.5, 0.6) is 0 Å². The molecular weight excluding hydrogens is 503 g/mol. The molecule has 1 atom stereocenters. The predicted octanol–water partition coefficient (Wildman–Crippen LogP) is 5.81. The highest BCUT2D eigenvalue weighted by atomic mass is 19.1. The van der Waals surface area contributed by atoms with E-state index in [4.69, 9.17) is 5.26 Å². The van der Waals surface area contributed by atoms with Crippen LogP contribution in [0.25, 0.3) is 0 Å². The summed E-state index contributed by atoms with van der Waals surface area (Å²) >= 11 is 0. The highest BCUT2D eigenvalue weighted by Crippen LogP contribution is 2.25. The van der Waals surface area contributed by atoms with Crippen LogP contribution in [0.15, 0.2) is 66.9 Å². The third-order valence-corrected chi connectivity index (χ3v) is 8.24. The minimum absolute atomic E-state index is 0.0247. The Kier molecular flexibility index (Phi) is 8.98. The maximum atomic E-state index is 13.4. The normalized spacial score (nSPS) is 18.3. The number of rotatable bonds is 8.